The molecule has 0 N–H and O–H groups in total. The molecule has 0 bridgehead atoms. The van der Waals surface area contributed by atoms with E-state index < -0.39 is 0 Å². The maximum Gasteiger partial charge on any atom is 0.174 e. The summed E-state index contributed by atoms with van der Waals surface area (Å²) >= 11 is 0. The molecule has 2 heteroatoms. The predicted octanol–water partition coefficient (Wildman–Crippen LogP) is 4.68. The van der Waals surface area contributed by atoms with E-state index in [1.165, 1.54) is 16.5 Å². The van der Waals surface area contributed by atoms with Crippen LogP contribution in [0.2, 0.25) is 0 Å². The Labute approximate surface area is 122 Å². The molecule has 1 unspecified atom stereocenters. The van der Waals surface area contributed by atoms with E-state index >= 15 is 0 Å². The molecule has 3 aromatic rings. The minimum atomic E-state index is -0.368. The highest BCUT2D eigenvalue weighted by Gasteiger charge is 2.46. The second kappa shape index (κ2) is 3.79. The van der Waals surface area contributed by atoms with E-state index in [2.05, 4.69) is 36.4 Å². The summed E-state index contributed by atoms with van der Waals surface area (Å²) in [6.45, 7) is 0. The molecular weight excluding hydrogens is 260 g/mol. The number of fused-ring (bicyclic) bond motifs is 5. The van der Waals surface area contributed by atoms with Gasteiger partial charge in [-0.3, -0.25) is 0 Å². The molecule has 2 heterocycles. The van der Waals surface area contributed by atoms with E-state index in [4.69, 9.17) is 9.15 Å². The topological polar surface area (TPSA) is 22.4 Å². The molecule has 1 aromatic heterocycles. The summed E-state index contributed by atoms with van der Waals surface area (Å²) in [6, 6.07) is 16.5. The van der Waals surface area contributed by atoms with Crippen LogP contribution in [-0.2, 0) is 12.0 Å². The van der Waals surface area contributed by atoms with Crippen molar-refractivity contribution in [3.8, 4) is 5.75 Å². The number of furan rings is 1. The first-order chi connectivity index (χ1) is 10.4. The Kier molecular flexibility index (Phi) is 2.02. The van der Waals surface area contributed by atoms with Crippen LogP contribution in [0.5, 0.6) is 5.75 Å². The van der Waals surface area contributed by atoms with Crippen LogP contribution in [-0.4, -0.2) is 0 Å². The van der Waals surface area contributed by atoms with Gasteiger partial charge >= 0.3 is 0 Å². The van der Waals surface area contributed by atoms with E-state index in [0.29, 0.717) is 0 Å². The molecule has 2 aromatic carbocycles. The lowest BCUT2D eigenvalue weighted by Gasteiger charge is -2.28. The summed E-state index contributed by atoms with van der Waals surface area (Å²) in [7, 11) is 0. The second-order valence-corrected chi connectivity index (χ2v) is 5.83. The lowest BCUT2D eigenvalue weighted by Crippen LogP contribution is -2.32. The third-order valence-corrected chi connectivity index (χ3v) is 4.53. The van der Waals surface area contributed by atoms with Crippen LogP contribution in [0.15, 0.2) is 59.0 Å². The third-order valence-electron chi connectivity index (χ3n) is 4.53. The maximum atomic E-state index is 6.35. The Morgan fingerprint density at radius 1 is 0.952 bits per heavy atom. The largest absolute Gasteiger partial charge is 0.478 e. The average Bonchev–Trinajstić information content (AvgIpc) is 3.07. The summed E-state index contributed by atoms with van der Waals surface area (Å²) in [5.74, 6) is 1.96. The number of rotatable bonds is 0. The van der Waals surface area contributed by atoms with Crippen molar-refractivity contribution in [1.82, 2.24) is 0 Å². The van der Waals surface area contributed by atoms with Crippen molar-refractivity contribution in [2.75, 3.05) is 0 Å². The van der Waals surface area contributed by atoms with Crippen molar-refractivity contribution in [2.24, 2.45) is 0 Å². The van der Waals surface area contributed by atoms with Crippen LogP contribution in [0.4, 0.5) is 0 Å². The Bertz CT molecular complexity index is 860. The lowest BCUT2D eigenvalue weighted by atomic mass is 9.84. The number of hydrogen-bond acceptors (Lipinski definition) is 2. The van der Waals surface area contributed by atoms with E-state index in [1.807, 2.05) is 24.3 Å². The van der Waals surface area contributed by atoms with Gasteiger partial charge in [-0.05, 0) is 17.7 Å². The van der Waals surface area contributed by atoms with Crippen molar-refractivity contribution < 1.29 is 9.15 Å². The van der Waals surface area contributed by atoms with Crippen molar-refractivity contribution >= 4 is 17.0 Å². The first kappa shape index (κ1) is 11.2. The SMILES string of the molecule is C1=Cc2c(oc3ccccc23)C2(C1)Cc1ccccc1O2. The third kappa shape index (κ3) is 1.42. The molecule has 0 saturated heterocycles. The van der Waals surface area contributed by atoms with Crippen molar-refractivity contribution in [2.45, 2.75) is 18.4 Å². The molecule has 0 fully saturated rings. The summed E-state index contributed by atoms with van der Waals surface area (Å²) < 4.78 is 12.5. The Morgan fingerprint density at radius 2 is 1.81 bits per heavy atom. The van der Waals surface area contributed by atoms with E-state index in [9.17, 15) is 0 Å². The Balaban J connectivity index is 1.74. The summed E-state index contributed by atoms with van der Waals surface area (Å²) in [5.41, 5.74) is 3.00. The van der Waals surface area contributed by atoms with Gasteiger partial charge in [0.2, 0.25) is 0 Å². The highest BCUT2D eigenvalue weighted by molar-refractivity contribution is 5.89. The highest BCUT2D eigenvalue weighted by atomic mass is 16.5. The van der Waals surface area contributed by atoms with Crippen molar-refractivity contribution in [1.29, 1.82) is 0 Å². The summed E-state index contributed by atoms with van der Waals surface area (Å²) in [4.78, 5) is 0. The summed E-state index contributed by atoms with van der Waals surface area (Å²) in [6.07, 6.45) is 6.10. The van der Waals surface area contributed by atoms with Crippen LogP contribution < -0.4 is 4.74 Å². The number of ether oxygens (including phenoxy) is 1. The molecular formula is C19H14O2. The fourth-order valence-electron chi connectivity index (χ4n) is 3.57. The first-order valence-electron chi connectivity index (χ1n) is 7.31. The molecule has 0 radical (unpaired) electrons. The predicted molar refractivity (Wildman–Crippen MR) is 82.3 cm³/mol. The van der Waals surface area contributed by atoms with Gasteiger partial charge in [-0.15, -0.1) is 0 Å². The van der Waals surface area contributed by atoms with E-state index in [1.54, 1.807) is 0 Å². The normalized spacial score (nSPS) is 22.3. The zero-order valence-corrected chi connectivity index (χ0v) is 11.5. The smallest absolute Gasteiger partial charge is 0.174 e. The highest BCUT2D eigenvalue weighted by Crippen LogP contribution is 2.49. The second-order valence-electron chi connectivity index (χ2n) is 5.83. The fraction of sp³-hybridized carbons (Fsp3) is 0.158. The molecule has 5 rings (SSSR count). The Hall–Kier alpha value is -2.48. The zero-order chi connectivity index (χ0) is 13.9. The molecule has 21 heavy (non-hydrogen) atoms. The van der Waals surface area contributed by atoms with Gasteiger partial charge in [0.15, 0.2) is 11.4 Å². The average molecular weight is 274 g/mol. The molecule has 102 valence electrons. The molecule has 2 aliphatic rings. The Morgan fingerprint density at radius 3 is 2.76 bits per heavy atom. The molecule has 1 aliphatic heterocycles. The zero-order valence-electron chi connectivity index (χ0n) is 11.5. The summed E-state index contributed by atoms with van der Waals surface area (Å²) in [5, 5.41) is 1.17. The molecule has 0 amide bonds. The standard InChI is InChI=1S/C19H14O2/c1-3-9-16-13(6-1)12-19(21-16)11-5-8-15-14-7-2-4-10-17(14)20-18(15)19/h1-10H,11-12H2. The number of hydrogen-bond donors (Lipinski definition) is 0. The van der Waals surface area contributed by atoms with Gasteiger partial charge in [0, 0.05) is 23.8 Å². The molecule has 1 aliphatic carbocycles. The van der Waals surface area contributed by atoms with Gasteiger partial charge in [-0.25, -0.2) is 0 Å². The van der Waals surface area contributed by atoms with Gasteiger partial charge < -0.3 is 9.15 Å². The monoisotopic (exact) mass is 274 g/mol. The van der Waals surface area contributed by atoms with Crippen LogP contribution in [0.3, 0.4) is 0 Å². The van der Waals surface area contributed by atoms with Gasteiger partial charge in [0.1, 0.15) is 11.3 Å². The molecule has 1 atom stereocenters. The minimum Gasteiger partial charge on any atom is -0.478 e. The van der Waals surface area contributed by atoms with Gasteiger partial charge in [-0.2, -0.15) is 0 Å². The van der Waals surface area contributed by atoms with Crippen LogP contribution in [0, 0.1) is 0 Å². The quantitative estimate of drug-likeness (QED) is 0.594. The van der Waals surface area contributed by atoms with Crippen LogP contribution >= 0.6 is 0 Å². The first-order valence-corrected chi connectivity index (χ1v) is 7.31. The van der Waals surface area contributed by atoms with Crippen LogP contribution in [0.1, 0.15) is 23.3 Å². The molecule has 0 saturated carbocycles. The van der Waals surface area contributed by atoms with Gasteiger partial charge in [0.25, 0.3) is 0 Å². The molecule has 2 nitrogen and oxygen atoms in total. The van der Waals surface area contributed by atoms with Gasteiger partial charge in [-0.1, -0.05) is 48.6 Å². The van der Waals surface area contributed by atoms with Crippen LogP contribution in [0.25, 0.3) is 17.0 Å². The molecule has 1 spiro atoms. The number of para-hydroxylation sites is 2. The van der Waals surface area contributed by atoms with Gasteiger partial charge in [0.05, 0.1) is 0 Å². The number of benzene rings is 2. The van der Waals surface area contributed by atoms with E-state index in [0.717, 1.165) is 29.9 Å². The van der Waals surface area contributed by atoms with Crippen molar-refractivity contribution in [3.05, 3.63) is 71.5 Å². The van der Waals surface area contributed by atoms with Crippen molar-refractivity contribution in [3.63, 3.8) is 0 Å². The minimum absolute atomic E-state index is 0.368. The lowest BCUT2D eigenvalue weighted by molar-refractivity contribution is 0.0707. The fourth-order valence-corrected chi connectivity index (χ4v) is 3.57. The maximum absolute atomic E-state index is 6.35. The van der Waals surface area contributed by atoms with E-state index in [-0.39, 0.29) is 5.60 Å².